The van der Waals surface area contributed by atoms with Crippen LogP contribution >= 0.6 is 23.5 Å². The highest BCUT2D eigenvalue weighted by Crippen LogP contribution is 2.53. The smallest absolute Gasteiger partial charge is 0.326 e. The minimum absolute atomic E-state index is 0.0897. The molecule has 0 radical (unpaired) electrons. The van der Waals surface area contributed by atoms with Crippen LogP contribution in [0.5, 0.6) is 0 Å². The molecule has 1 heterocycles. The largest absolute Gasteiger partial charge is 0.460 e. The van der Waals surface area contributed by atoms with E-state index in [1.165, 1.54) is 11.8 Å². The monoisotopic (exact) mass is 498 g/mol. The zero-order valence-electron chi connectivity index (χ0n) is 15.7. The predicted molar refractivity (Wildman–Crippen MR) is 106 cm³/mol. The minimum Gasteiger partial charge on any atom is -0.326 e. The van der Waals surface area contributed by atoms with Gasteiger partial charge in [0.2, 0.25) is 11.8 Å². The number of thioether (sulfide) groups is 2. The number of amides is 2. The van der Waals surface area contributed by atoms with Crippen molar-refractivity contribution in [3.05, 3.63) is 48.5 Å². The zero-order chi connectivity index (χ0) is 23.7. The first-order valence-electron chi connectivity index (χ1n) is 8.78. The van der Waals surface area contributed by atoms with E-state index < -0.39 is 45.2 Å². The lowest BCUT2D eigenvalue weighted by Crippen LogP contribution is -2.49. The molecule has 0 fully saturated rings. The highest BCUT2D eigenvalue weighted by molar-refractivity contribution is 8.01. The lowest BCUT2D eigenvalue weighted by Gasteiger charge is -2.27. The van der Waals surface area contributed by atoms with Gasteiger partial charge in [-0.05, 0) is 48.2 Å². The van der Waals surface area contributed by atoms with Gasteiger partial charge in [0.1, 0.15) is 0 Å². The lowest BCUT2D eigenvalue weighted by molar-refractivity contribution is -0.330. The number of hydrogen-bond donors (Lipinski definition) is 2. The van der Waals surface area contributed by atoms with Gasteiger partial charge in [-0.15, -0.1) is 11.8 Å². The number of anilines is 2. The summed E-state index contributed by atoms with van der Waals surface area (Å²) < 4.78 is 89.6. The summed E-state index contributed by atoms with van der Waals surface area (Å²) >= 11 is 0.252. The predicted octanol–water partition coefficient (Wildman–Crippen LogP) is 6.01. The maximum absolute atomic E-state index is 13.5. The van der Waals surface area contributed by atoms with E-state index in [4.69, 9.17) is 0 Å². The average molecular weight is 498 g/mol. The quantitative estimate of drug-likeness (QED) is 0.378. The summed E-state index contributed by atoms with van der Waals surface area (Å²) in [6.45, 7) is 0. The average Bonchev–Trinajstić information content (AvgIpc) is 2.69. The molecule has 2 amide bonds. The molecule has 0 unspecified atom stereocenters. The Morgan fingerprint density at radius 3 is 2.25 bits per heavy atom. The normalized spacial score (nSPS) is 16.8. The number of para-hydroxylation sites is 1. The van der Waals surface area contributed by atoms with Crippen LogP contribution in [-0.2, 0) is 9.59 Å². The number of halogens is 7. The summed E-state index contributed by atoms with van der Waals surface area (Å²) in [5.41, 5.74) is 0.715. The van der Waals surface area contributed by atoms with Crippen LogP contribution in [0, 0.1) is 0 Å². The van der Waals surface area contributed by atoms with E-state index in [2.05, 4.69) is 10.6 Å². The van der Waals surface area contributed by atoms with Crippen molar-refractivity contribution in [3.63, 3.8) is 0 Å². The molecule has 0 aliphatic carbocycles. The van der Waals surface area contributed by atoms with Crippen molar-refractivity contribution in [3.8, 4) is 0 Å². The maximum atomic E-state index is 13.5. The molecule has 13 heteroatoms. The maximum Gasteiger partial charge on any atom is 0.460 e. The van der Waals surface area contributed by atoms with Crippen molar-refractivity contribution in [2.24, 2.45) is 0 Å². The van der Waals surface area contributed by atoms with Crippen molar-refractivity contribution < 1.29 is 40.3 Å². The van der Waals surface area contributed by atoms with Gasteiger partial charge in [-0.3, -0.25) is 9.59 Å². The zero-order valence-corrected chi connectivity index (χ0v) is 17.3. The SMILES string of the molecule is O=C(C[C@@H]1Sc2ccccc2NC1=O)Nc1ccc(SC(F)(F)C(F)(F)C(F)(F)F)cc1. The number of benzene rings is 2. The summed E-state index contributed by atoms with van der Waals surface area (Å²) in [6.07, 6.45) is -6.63. The van der Waals surface area contributed by atoms with Crippen LogP contribution in [0.4, 0.5) is 42.1 Å². The highest BCUT2D eigenvalue weighted by Gasteiger charge is 2.73. The van der Waals surface area contributed by atoms with E-state index in [9.17, 15) is 40.3 Å². The van der Waals surface area contributed by atoms with Crippen molar-refractivity contribution in [2.45, 2.75) is 38.8 Å². The topological polar surface area (TPSA) is 58.2 Å². The molecule has 1 atom stereocenters. The molecule has 3 rings (SSSR count). The lowest BCUT2D eigenvalue weighted by atomic mass is 10.2. The summed E-state index contributed by atoms with van der Waals surface area (Å²) in [5, 5.41) is -1.05. The second-order valence-electron chi connectivity index (χ2n) is 6.56. The molecule has 4 nitrogen and oxygen atoms in total. The molecule has 0 aromatic heterocycles. The Labute approximate surface area is 185 Å². The van der Waals surface area contributed by atoms with Gasteiger partial charge < -0.3 is 10.6 Å². The number of carbonyl (C=O) groups excluding carboxylic acids is 2. The molecule has 2 aromatic carbocycles. The number of fused-ring (bicyclic) bond motifs is 1. The summed E-state index contributed by atoms with van der Waals surface area (Å²) in [4.78, 5) is 24.6. The Bertz CT molecular complexity index is 1010. The van der Waals surface area contributed by atoms with Gasteiger partial charge in [-0.25, -0.2) is 0 Å². The molecule has 172 valence electrons. The summed E-state index contributed by atoms with van der Waals surface area (Å²) in [6, 6.07) is 10.9. The van der Waals surface area contributed by atoms with Crippen LogP contribution in [0.15, 0.2) is 58.3 Å². The van der Waals surface area contributed by atoms with E-state index in [-0.39, 0.29) is 18.0 Å². The van der Waals surface area contributed by atoms with Gasteiger partial charge in [-0.1, -0.05) is 12.1 Å². The third-order valence-corrected chi connectivity index (χ3v) is 6.48. The van der Waals surface area contributed by atoms with Gasteiger partial charge in [-0.2, -0.15) is 30.7 Å². The highest BCUT2D eigenvalue weighted by atomic mass is 32.2. The molecule has 1 aliphatic rings. The van der Waals surface area contributed by atoms with E-state index in [1.54, 1.807) is 24.3 Å². The Morgan fingerprint density at radius 2 is 1.62 bits per heavy atom. The Morgan fingerprint density at radius 1 is 1.00 bits per heavy atom. The Hall–Kier alpha value is -2.41. The van der Waals surface area contributed by atoms with Crippen molar-refractivity contribution >= 4 is 46.7 Å². The summed E-state index contributed by atoms with van der Waals surface area (Å²) in [5.74, 6) is -7.18. The standard InChI is InChI=1S/C19H13F7N2O2S2/c20-17(21,18(22,23)24)19(25,26)32-11-7-5-10(6-8-11)27-15(29)9-14-16(30)28-12-3-1-2-4-13(12)31-14/h1-8,14H,9H2,(H,27,29)(H,28,30)/t14-/m0/s1. The number of nitrogens with one attached hydrogen (secondary N) is 2. The first-order chi connectivity index (χ1) is 14.8. The molecule has 0 spiro atoms. The van der Waals surface area contributed by atoms with Crippen LogP contribution < -0.4 is 10.6 Å². The molecular weight excluding hydrogens is 485 g/mol. The molecular formula is C19H13F7N2O2S2. The van der Waals surface area contributed by atoms with Gasteiger partial charge in [0, 0.05) is 21.9 Å². The van der Waals surface area contributed by atoms with Crippen molar-refractivity contribution in [2.75, 3.05) is 10.6 Å². The second-order valence-corrected chi connectivity index (χ2v) is 8.99. The van der Waals surface area contributed by atoms with E-state index in [0.29, 0.717) is 5.69 Å². The minimum atomic E-state index is -6.42. The first kappa shape index (κ1) is 24.2. The number of hydrogen-bond acceptors (Lipinski definition) is 4. The van der Waals surface area contributed by atoms with Gasteiger partial charge >= 0.3 is 17.4 Å². The number of carbonyl (C=O) groups is 2. The Kier molecular flexibility index (Phi) is 6.70. The third-order valence-electron chi connectivity index (χ3n) is 4.18. The fourth-order valence-corrected chi connectivity index (χ4v) is 4.51. The van der Waals surface area contributed by atoms with Crippen molar-refractivity contribution in [1.29, 1.82) is 0 Å². The van der Waals surface area contributed by atoms with E-state index in [1.807, 2.05) is 0 Å². The fourth-order valence-electron chi connectivity index (χ4n) is 2.59. The third kappa shape index (κ3) is 5.14. The number of alkyl halides is 7. The van der Waals surface area contributed by atoms with Crippen LogP contribution in [-0.4, -0.2) is 34.4 Å². The molecule has 1 aliphatic heterocycles. The molecule has 0 saturated heterocycles. The van der Waals surface area contributed by atoms with Crippen LogP contribution in [0.2, 0.25) is 0 Å². The molecule has 0 bridgehead atoms. The molecule has 2 N–H and O–H groups in total. The van der Waals surface area contributed by atoms with E-state index in [0.717, 1.165) is 29.2 Å². The van der Waals surface area contributed by atoms with Crippen LogP contribution in [0.25, 0.3) is 0 Å². The van der Waals surface area contributed by atoms with Crippen LogP contribution in [0.1, 0.15) is 6.42 Å². The van der Waals surface area contributed by atoms with Crippen LogP contribution in [0.3, 0.4) is 0 Å². The fraction of sp³-hybridized carbons (Fsp3) is 0.263. The number of rotatable bonds is 6. The molecule has 32 heavy (non-hydrogen) atoms. The first-order valence-corrected chi connectivity index (χ1v) is 10.5. The van der Waals surface area contributed by atoms with E-state index >= 15 is 0 Å². The summed E-state index contributed by atoms with van der Waals surface area (Å²) in [7, 11) is 0. The second kappa shape index (κ2) is 8.85. The molecule has 0 saturated carbocycles. The van der Waals surface area contributed by atoms with Crippen molar-refractivity contribution in [1.82, 2.24) is 0 Å². The molecule has 2 aromatic rings. The van der Waals surface area contributed by atoms with Gasteiger partial charge in [0.15, 0.2) is 0 Å². The van der Waals surface area contributed by atoms with Gasteiger partial charge in [0.05, 0.1) is 10.9 Å². The van der Waals surface area contributed by atoms with Gasteiger partial charge in [0.25, 0.3) is 0 Å². The Balaban J connectivity index is 1.60.